The number of carbonyl (C=O) groups excluding carboxylic acids is 4. The zero-order valence-electron chi connectivity index (χ0n) is 32.3. The van der Waals surface area contributed by atoms with Crippen LogP contribution in [0.2, 0.25) is 0 Å². The third kappa shape index (κ3) is 11.4. The number of nitrogens with one attached hydrogen (secondary N) is 2. The van der Waals surface area contributed by atoms with Crippen LogP contribution in [0.25, 0.3) is 10.4 Å². The number of rotatable bonds is 17. The predicted octanol–water partition coefficient (Wildman–Crippen LogP) is 5.45. The number of nitrogens with two attached hydrogens (primary N) is 1. The summed E-state index contributed by atoms with van der Waals surface area (Å²) in [5.74, 6) is -0.377. The van der Waals surface area contributed by atoms with E-state index in [4.69, 9.17) is 10.5 Å². The molecule has 2 fully saturated rings. The molecule has 4 amide bonds. The quantitative estimate of drug-likeness (QED) is 0.142. The average molecular weight is 760 g/mol. The van der Waals surface area contributed by atoms with Gasteiger partial charge in [0.05, 0.1) is 34.9 Å². The third-order valence-electron chi connectivity index (χ3n) is 10.6. The summed E-state index contributed by atoms with van der Waals surface area (Å²) in [4.78, 5) is 58.6. The van der Waals surface area contributed by atoms with Crippen molar-refractivity contribution in [3.05, 3.63) is 76.4 Å². The number of carbonyl (C=O) groups is 4. The van der Waals surface area contributed by atoms with E-state index in [1.165, 1.54) is 10.5 Å². The van der Waals surface area contributed by atoms with Crippen molar-refractivity contribution < 1.29 is 29.0 Å². The summed E-state index contributed by atoms with van der Waals surface area (Å²) >= 11 is 1.59. The summed E-state index contributed by atoms with van der Waals surface area (Å²) in [5.41, 5.74) is 11.8. The summed E-state index contributed by atoms with van der Waals surface area (Å²) in [6.07, 6.45) is 4.47. The van der Waals surface area contributed by atoms with Crippen molar-refractivity contribution in [2.75, 3.05) is 6.54 Å². The van der Waals surface area contributed by atoms with Gasteiger partial charge in [-0.05, 0) is 85.5 Å². The van der Waals surface area contributed by atoms with Gasteiger partial charge in [-0.3, -0.25) is 19.2 Å². The van der Waals surface area contributed by atoms with Gasteiger partial charge >= 0.3 is 0 Å². The molecule has 292 valence electrons. The Bertz CT molecular complexity index is 1730. The summed E-state index contributed by atoms with van der Waals surface area (Å²) in [5, 5.41) is 16.5. The van der Waals surface area contributed by atoms with Gasteiger partial charge in [0.15, 0.2) is 0 Å². The number of ether oxygens (including phenoxy) is 1. The van der Waals surface area contributed by atoms with Crippen LogP contribution in [0.15, 0.2) is 54.0 Å². The molecule has 1 saturated heterocycles. The molecule has 0 bridgehead atoms. The Balaban J connectivity index is 1.07. The lowest BCUT2D eigenvalue weighted by Crippen LogP contribution is -2.58. The van der Waals surface area contributed by atoms with Crippen LogP contribution < -0.4 is 16.4 Å². The number of aliphatic hydroxyl groups excluding tert-OH is 1. The van der Waals surface area contributed by atoms with Crippen LogP contribution in [0.4, 0.5) is 0 Å². The molecule has 54 heavy (non-hydrogen) atoms. The molecule has 1 aliphatic heterocycles. The summed E-state index contributed by atoms with van der Waals surface area (Å²) < 4.78 is 5.92. The molecule has 2 heterocycles. The number of hydrogen-bond acceptors (Lipinski definition) is 8. The number of nitrogens with zero attached hydrogens (tertiary/aromatic N) is 2. The van der Waals surface area contributed by atoms with Gasteiger partial charge < -0.3 is 31.1 Å². The summed E-state index contributed by atoms with van der Waals surface area (Å²) in [7, 11) is 0. The third-order valence-corrected chi connectivity index (χ3v) is 11.6. The first kappa shape index (κ1) is 41.0. The fraction of sp³-hybridized carbons (Fsp3) is 0.548. The van der Waals surface area contributed by atoms with Gasteiger partial charge in [0, 0.05) is 32.4 Å². The lowest BCUT2D eigenvalue weighted by atomic mass is 9.70. The maximum atomic E-state index is 14.0. The van der Waals surface area contributed by atoms with Gasteiger partial charge in [0.2, 0.25) is 23.6 Å². The molecule has 5 rings (SSSR count). The van der Waals surface area contributed by atoms with E-state index >= 15 is 0 Å². The Hall–Kier alpha value is -4.13. The first-order chi connectivity index (χ1) is 25.7. The standard InChI is InChI=1S/C42H57N5O6S/c1-26(7-6-8-36(43)49)53-24-30-11-9-28(10-12-30)17-31-18-32(19-31)20-37(50)46-39(42(3,4)5)41(52)47-23-34(48)21-35(47)40(51)44-22-29-13-15-33(16-14-29)38-27(2)45-25-54-38/h9-16,25-26,31-32,34-35,39,48H,6-8,17-24H2,1-5H3,(H2,43,49)(H,44,51)(H,46,50)/t26-,31?,32?,34-,35+,39-/m1/s1. The normalized spacial score (nSPS) is 20.9. The van der Waals surface area contributed by atoms with Crippen LogP contribution in [0, 0.1) is 24.2 Å². The molecule has 1 aliphatic carbocycles. The molecule has 3 aromatic rings. The second-order valence-corrected chi connectivity index (χ2v) is 17.2. The number of benzene rings is 2. The van der Waals surface area contributed by atoms with Crippen molar-refractivity contribution in [3.63, 3.8) is 0 Å². The van der Waals surface area contributed by atoms with Gasteiger partial charge in [0.1, 0.15) is 12.1 Å². The smallest absolute Gasteiger partial charge is 0.246 e. The molecule has 0 spiro atoms. The van der Waals surface area contributed by atoms with E-state index in [9.17, 15) is 24.3 Å². The van der Waals surface area contributed by atoms with Gasteiger partial charge in [-0.1, -0.05) is 69.3 Å². The molecule has 12 heteroatoms. The van der Waals surface area contributed by atoms with Gasteiger partial charge in [-0.2, -0.15) is 0 Å². The highest BCUT2D eigenvalue weighted by Crippen LogP contribution is 2.38. The van der Waals surface area contributed by atoms with Crippen LogP contribution in [-0.4, -0.2) is 69.5 Å². The van der Waals surface area contributed by atoms with Crippen LogP contribution in [-0.2, 0) is 43.5 Å². The van der Waals surface area contributed by atoms with Crippen LogP contribution in [0.1, 0.15) is 95.0 Å². The minimum absolute atomic E-state index is 0.0398. The number of likely N-dealkylation sites (tertiary alicyclic amines) is 1. The topological polar surface area (TPSA) is 164 Å². The SMILES string of the molecule is Cc1ncsc1-c1ccc(CNC(=O)[C@@H]2C[C@@H](O)CN2C(=O)[C@@H](NC(=O)CC2CC(Cc3ccc(CO[C@H](C)CCCC(N)=O)cc3)C2)C(C)(C)C)cc1. The molecule has 2 aliphatic rings. The summed E-state index contributed by atoms with van der Waals surface area (Å²) in [6.45, 7) is 10.5. The van der Waals surface area contributed by atoms with Gasteiger partial charge in [-0.15, -0.1) is 11.3 Å². The first-order valence-corrected chi connectivity index (χ1v) is 20.1. The van der Waals surface area contributed by atoms with E-state index in [1.807, 2.05) is 64.4 Å². The Morgan fingerprint density at radius 3 is 2.30 bits per heavy atom. The van der Waals surface area contributed by atoms with Crippen molar-refractivity contribution in [2.24, 2.45) is 23.0 Å². The number of primary amides is 1. The van der Waals surface area contributed by atoms with Crippen LogP contribution in [0.3, 0.4) is 0 Å². The van der Waals surface area contributed by atoms with Crippen LogP contribution >= 0.6 is 11.3 Å². The maximum Gasteiger partial charge on any atom is 0.246 e. The Morgan fingerprint density at radius 2 is 1.67 bits per heavy atom. The number of aryl methyl sites for hydroxylation is 1. The van der Waals surface area contributed by atoms with Gasteiger partial charge in [-0.25, -0.2) is 4.98 Å². The van der Waals surface area contributed by atoms with Crippen molar-refractivity contribution in [3.8, 4) is 10.4 Å². The predicted molar refractivity (Wildman–Crippen MR) is 210 cm³/mol. The van der Waals surface area contributed by atoms with Crippen LogP contribution in [0.5, 0.6) is 0 Å². The Labute approximate surface area is 323 Å². The Kier molecular flexibility index (Phi) is 14.0. The lowest BCUT2D eigenvalue weighted by Gasteiger charge is -2.37. The fourth-order valence-corrected chi connectivity index (χ4v) is 8.27. The molecule has 0 radical (unpaired) electrons. The minimum Gasteiger partial charge on any atom is -0.391 e. The fourth-order valence-electron chi connectivity index (χ4n) is 7.46. The second kappa shape index (κ2) is 18.5. The van der Waals surface area contributed by atoms with E-state index in [0.717, 1.165) is 59.4 Å². The highest BCUT2D eigenvalue weighted by molar-refractivity contribution is 7.13. The maximum absolute atomic E-state index is 14.0. The molecule has 4 atom stereocenters. The number of aromatic nitrogens is 1. The highest BCUT2D eigenvalue weighted by atomic mass is 32.1. The first-order valence-electron chi connectivity index (χ1n) is 19.2. The largest absolute Gasteiger partial charge is 0.391 e. The molecule has 11 nitrogen and oxygen atoms in total. The number of β-amino-alcohol motifs (C(OH)–C–C–N with tert-alkyl or cyclic N) is 1. The number of amides is 4. The van der Waals surface area contributed by atoms with E-state index in [1.54, 1.807) is 11.3 Å². The molecule has 2 aromatic carbocycles. The zero-order valence-corrected chi connectivity index (χ0v) is 33.1. The van der Waals surface area contributed by atoms with E-state index in [2.05, 4.69) is 39.9 Å². The molecular weight excluding hydrogens is 703 g/mol. The highest BCUT2D eigenvalue weighted by Gasteiger charge is 2.44. The molecular formula is C42H57N5O6S. The average Bonchev–Trinajstić information content (AvgIpc) is 3.72. The van der Waals surface area contributed by atoms with E-state index in [-0.39, 0.29) is 48.6 Å². The Morgan fingerprint density at radius 1 is 1.00 bits per heavy atom. The number of thiazole rings is 1. The second-order valence-electron chi connectivity index (χ2n) is 16.4. The molecule has 1 aromatic heterocycles. The van der Waals surface area contributed by atoms with Crippen molar-refractivity contribution in [1.29, 1.82) is 0 Å². The monoisotopic (exact) mass is 759 g/mol. The minimum atomic E-state index is -0.843. The summed E-state index contributed by atoms with van der Waals surface area (Å²) in [6, 6.07) is 14.7. The number of hydrogen-bond donors (Lipinski definition) is 4. The zero-order chi connectivity index (χ0) is 39.0. The van der Waals surface area contributed by atoms with Crippen molar-refractivity contribution >= 4 is 35.0 Å². The van der Waals surface area contributed by atoms with Gasteiger partial charge in [0.25, 0.3) is 0 Å². The van der Waals surface area contributed by atoms with Crippen molar-refractivity contribution in [1.82, 2.24) is 20.5 Å². The molecule has 5 N–H and O–H groups in total. The van der Waals surface area contributed by atoms with Crippen molar-refractivity contribution in [2.45, 2.75) is 123 Å². The molecule has 1 saturated carbocycles. The van der Waals surface area contributed by atoms with E-state index < -0.39 is 23.6 Å². The number of aliphatic hydroxyl groups is 1. The molecule has 0 unspecified atom stereocenters. The lowest BCUT2D eigenvalue weighted by molar-refractivity contribution is -0.144. The van der Waals surface area contributed by atoms with E-state index in [0.29, 0.717) is 31.9 Å².